The van der Waals surface area contributed by atoms with Crippen LogP contribution in [-0.2, 0) is 6.42 Å². The summed E-state index contributed by atoms with van der Waals surface area (Å²) in [5, 5.41) is 13.3. The first-order chi connectivity index (χ1) is 10.6. The maximum Gasteiger partial charge on any atom is 0.331 e. The normalized spacial score (nSPS) is 10.0. The van der Waals surface area contributed by atoms with Gasteiger partial charge in [0.1, 0.15) is 0 Å². The average molecular weight is 317 g/mol. The lowest BCUT2D eigenvalue weighted by molar-refractivity contribution is -0.384. The van der Waals surface area contributed by atoms with Crippen molar-refractivity contribution in [3.05, 3.63) is 70.3 Å². The number of nitro groups is 1. The van der Waals surface area contributed by atoms with Gasteiger partial charge in [-0.1, -0.05) is 43.1 Å². The predicted octanol–water partition coefficient (Wildman–Crippen LogP) is 3.20. The summed E-state index contributed by atoms with van der Waals surface area (Å²) in [6.07, 6.45) is 0.583. The first kappa shape index (κ1) is 15.8. The molecule has 2 aromatic carbocycles. The monoisotopic (exact) mass is 317 g/mol. The zero-order valence-corrected chi connectivity index (χ0v) is 12.6. The molecular weight excluding hydrogens is 302 g/mol. The Morgan fingerprint density at radius 2 is 1.77 bits per heavy atom. The molecule has 0 atom stereocenters. The number of hydrogen-bond donors (Lipinski definition) is 2. The van der Waals surface area contributed by atoms with Crippen molar-refractivity contribution >= 4 is 30.2 Å². The van der Waals surface area contributed by atoms with E-state index in [2.05, 4.69) is 18.1 Å². The third kappa shape index (κ3) is 4.23. The number of rotatable bonds is 5. The second kappa shape index (κ2) is 7.46. The van der Waals surface area contributed by atoms with E-state index in [1.807, 2.05) is 18.2 Å². The molecule has 0 aromatic heterocycles. The van der Waals surface area contributed by atoms with Crippen LogP contribution in [0.15, 0.2) is 54.6 Å². The van der Waals surface area contributed by atoms with Crippen LogP contribution in [0.25, 0.3) is 0 Å². The molecule has 0 bridgehead atoms. The van der Waals surface area contributed by atoms with Crippen molar-refractivity contribution in [2.45, 2.75) is 6.42 Å². The minimum atomic E-state index is -0.440. The molecule has 0 heterocycles. The van der Waals surface area contributed by atoms with E-state index in [-0.39, 0.29) is 11.7 Å². The van der Waals surface area contributed by atoms with Crippen molar-refractivity contribution in [3.8, 4) is 0 Å². The van der Waals surface area contributed by atoms with Gasteiger partial charge in [0.25, 0.3) is 5.69 Å². The van der Waals surface area contributed by atoms with Gasteiger partial charge in [-0.3, -0.25) is 10.1 Å². The summed E-state index contributed by atoms with van der Waals surface area (Å²) in [4.78, 5) is 22.0. The molecule has 0 radical (unpaired) electrons. The van der Waals surface area contributed by atoms with Crippen molar-refractivity contribution in [2.24, 2.45) is 0 Å². The van der Waals surface area contributed by atoms with Gasteiger partial charge in [0.15, 0.2) is 0 Å². The number of benzene rings is 2. The topological polar surface area (TPSA) is 75.5 Å². The molecule has 0 aliphatic rings. The number of urea groups is 1. The summed E-state index contributed by atoms with van der Waals surface area (Å²) in [7, 11) is 0. The number of carbonyl (C=O) groups is 1. The van der Waals surface area contributed by atoms with Crippen LogP contribution in [0, 0.1) is 10.1 Å². The average Bonchev–Trinajstić information content (AvgIpc) is 2.55. The van der Waals surface area contributed by atoms with Crippen molar-refractivity contribution in [1.82, 2.24) is 5.32 Å². The van der Waals surface area contributed by atoms with Gasteiger partial charge in [-0.2, -0.15) is 0 Å². The molecule has 0 saturated heterocycles. The van der Waals surface area contributed by atoms with Gasteiger partial charge in [0.05, 0.1) is 10.6 Å². The molecular formula is C15H15N3O3S. The zero-order chi connectivity index (χ0) is 15.9. The van der Waals surface area contributed by atoms with Gasteiger partial charge in [0.2, 0.25) is 0 Å². The maximum absolute atomic E-state index is 11.9. The molecule has 0 spiro atoms. The smallest absolute Gasteiger partial charge is 0.331 e. The van der Waals surface area contributed by atoms with E-state index in [9.17, 15) is 14.9 Å². The van der Waals surface area contributed by atoms with E-state index in [0.717, 1.165) is 5.56 Å². The molecule has 114 valence electrons. The SMILES string of the molecule is O=C(NCCc1ccc([N+](=O)[O-])cc1)N(S)c1ccccc1. The largest absolute Gasteiger partial charge is 0.337 e. The number of nitro benzene ring substituents is 1. The first-order valence-corrected chi connectivity index (χ1v) is 7.03. The van der Waals surface area contributed by atoms with E-state index in [1.165, 1.54) is 16.4 Å². The van der Waals surface area contributed by atoms with Crippen LogP contribution in [0.2, 0.25) is 0 Å². The molecule has 2 amide bonds. The summed E-state index contributed by atoms with van der Waals surface area (Å²) in [5.41, 5.74) is 1.65. The number of amides is 2. The fraction of sp³-hybridized carbons (Fsp3) is 0.133. The lowest BCUT2D eigenvalue weighted by atomic mass is 10.1. The molecule has 2 rings (SSSR count). The Bertz CT molecular complexity index is 647. The molecule has 0 aliphatic heterocycles. The van der Waals surface area contributed by atoms with E-state index >= 15 is 0 Å². The van der Waals surface area contributed by atoms with Crippen LogP contribution in [0.4, 0.5) is 16.2 Å². The molecule has 0 fully saturated rings. The third-order valence-corrected chi connectivity index (χ3v) is 3.44. The molecule has 0 saturated carbocycles. The van der Waals surface area contributed by atoms with E-state index < -0.39 is 4.92 Å². The predicted molar refractivity (Wildman–Crippen MR) is 88.1 cm³/mol. The highest BCUT2D eigenvalue weighted by Crippen LogP contribution is 2.15. The van der Waals surface area contributed by atoms with Gasteiger partial charge >= 0.3 is 6.03 Å². The second-order valence-corrected chi connectivity index (χ2v) is 4.95. The summed E-state index contributed by atoms with van der Waals surface area (Å²) < 4.78 is 1.23. The number of non-ortho nitro benzene ring substituents is 1. The Balaban J connectivity index is 1.83. The number of nitrogens with one attached hydrogen (secondary N) is 1. The number of carbonyl (C=O) groups excluding carboxylic acids is 1. The Labute approximate surface area is 133 Å². The van der Waals surface area contributed by atoms with Crippen LogP contribution in [0.5, 0.6) is 0 Å². The molecule has 2 aromatic rings. The van der Waals surface area contributed by atoms with E-state index in [1.54, 1.807) is 24.3 Å². The van der Waals surface area contributed by atoms with Gasteiger partial charge in [-0.05, 0) is 24.1 Å². The van der Waals surface area contributed by atoms with Crippen molar-refractivity contribution in [2.75, 3.05) is 10.8 Å². The number of para-hydroxylation sites is 1. The van der Waals surface area contributed by atoms with Crippen LogP contribution in [0.1, 0.15) is 5.56 Å². The number of hydrogen-bond acceptors (Lipinski definition) is 4. The molecule has 6 nitrogen and oxygen atoms in total. The van der Waals surface area contributed by atoms with E-state index in [0.29, 0.717) is 18.7 Å². The minimum absolute atomic E-state index is 0.0541. The highest BCUT2D eigenvalue weighted by molar-refractivity contribution is 7.82. The van der Waals surface area contributed by atoms with Crippen molar-refractivity contribution in [3.63, 3.8) is 0 Å². The van der Waals surface area contributed by atoms with E-state index in [4.69, 9.17) is 0 Å². The molecule has 0 unspecified atom stereocenters. The lowest BCUT2D eigenvalue weighted by Gasteiger charge is -2.16. The fourth-order valence-electron chi connectivity index (χ4n) is 1.86. The van der Waals surface area contributed by atoms with Crippen LogP contribution >= 0.6 is 12.8 Å². The summed E-state index contributed by atoms with van der Waals surface area (Å²) in [5.74, 6) is 0. The van der Waals surface area contributed by atoms with Gasteiger partial charge < -0.3 is 5.32 Å². The second-order valence-electron chi connectivity index (χ2n) is 4.55. The molecule has 7 heteroatoms. The van der Waals surface area contributed by atoms with Crippen LogP contribution < -0.4 is 9.62 Å². The number of thiol groups is 1. The Kier molecular flexibility index (Phi) is 5.37. The third-order valence-electron chi connectivity index (χ3n) is 3.03. The van der Waals surface area contributed by atoms with Gasteiger partial charge in [0, 0.05) is 18.7 Å². The number of anilines is 1. The molecule has 22 heavy (non-hydrogen) atoms. The van der Waals surface area contributed by atoms with Gasteiger partial charge in [-0.25, -0.2) is 9.10 Å². The summed E-state index contributed by atoms with van der Waals surface area (Å²) in [6, 6.07) is 15.0. The molecule has 0 aliphatic carbocycles. The van der Waals surface area contributed by atoms with Crippen LogP contribution in [0.3, 0.4) is 0 Å². The Morgan fingerprint density at radius 3 is 2.36 bits per heavy atom. The highest BCUT2D eigenvalue weighted by atomic mass is 32.1. The fourth-order valence-corrected chi connectivity index (χ4v) is 2.06. The first-order valence-electron chi connectivity index (χ1n) is 6.63. The Hall–Kier alpha value is -2.54. The van der Waals surface area contributed by atoms with Crippen LogP contribution in [-0.4, -0.2) is 17.5 Å². The minimum Gasteiger partial charge on any atom is -0.337 e. The highest BCUT2D eigenvalue weighted by Gasteiger charge is 2.10. The van der Waals surface area contributed by atoms with Gasteiger partial charge in [-0.15, -0.1) is 0 Å². The van der Waals surface area contributed by atoms with Crippen molar-refractivity contribution < 1.29 is 9.72 Å². The molecule has 1 N–H and O–H groups in total. The summed E-state index contributed by atoms with van der Waals surface area (Å²) >= 11 is 4.16. The zero-order valence-electron chi connectivity index (χ0n) is 11.7. The maximum atomic E-state index is 11.9. The quantitative estimate of drug-likeness (QED) is 0.505. The van der Waals surface area contributed by atoms with Crippen molar-refractivity contribution in [1.29, 1.82) is 0 Å². The Morgan fingerprint density at radius 1 is 1.14 bits per heavy atom. The lowest BCUT2D eigenvalue weighted by Crippen LogP contribution is -2.35. The number of nitrogens with zero attached hydrogens (tertiary/aromatic N) is 2. The summed E-state index contributed by atoms with van der Waals surface area (Å²) in [6.45, 7) is 0.417. The standard InChI is InChI=1S/C15H15N3O3S/c19-15(17(22)13-4-2-1-3-5-13)16-11-10-12-6-8-14(9-7-12)18(20)21/h1-9,22H,10-11H2,(H,16,19).